The Labute approximate surface area is 223 Å². The van der Waals surface area contributed by atoms with Crippen molar-refractivity contribution in [3.05, 3.63) is 23.8 Å². The predicted octanol–water partition coefficient (Wildman–Crippen LogP) is 2.94. The SMILES string of the molecule is C[C@]12C=CC(=O)C=C1[C@@H](F)C[C@H]1[C@@H]3CC[C@](OC(=O)C(Cl)Cl)(C(=O)OCS(C)(=O)=O)[C@@]3(C)C[C@H](O)[C@@]12F. The van der Waals surface area contributed by atoms with E-state index in [2.05, 4.69) is 0 Å². The van der Waals surface area contributed by atoms with E-state index >= 15 is 8.78 Å². The molecule has 0 aromatic heterocycles. The van der Waals surface area contributed by atoms with Crippen LogP contribution in [0.3, 0.4) is 0 Å². The van der Waals surface area contributed by atoms with Gasteiger partial charge in [0.2, 0.25) is 10.4 Å². The second-order valence-electron chi connectivity index (χ2n) is 10.9. The summed E-state index contributed by atoms with van der Waals surface area (Å²) in [7, 11) is -3.78. The summed E-state index contributed by atoms with van der Waals surface area (Å²) in [5.41, 5.74) is -7.77. The number of carbonyl (C=O) groups is 3. The van der Waals surface area contributed by atoms with Crippen LogP contribution in [0.25, 0.3) is 0 Å². The lowest BCUT2D eigenvalue weighted by Crippen LogP contribution is -2.70. The second-order valence-corrected chi connectivity index (χ2v) is 14.1. The molecular formula is C24H28Cl2F2O8S. The monoisotopic (exact) mass is 584 g/mol. The van der Waals surface area contributed by atoms with E-state index < -0.39 is 91.0 Å². The maximum Gasteiger partial charge on any atom is 0.352 e. The Hall–Kier alpha value is -1.56. The van der Waals surface area contributed by atoms with Crippen LogP contribution >= 0.6 is 23.2 Å². The highest BCUT2D eigenvalue weighted by Crippen LogP contribution is 2.70. The van der Waals surface area contributed by atoms with E-state index in [1.54, 1.807) is 0 Å². The zero-order valence-corrected chi connectivity index (χ0v) is 22.7. The van der Waals surface area contributed by atoms with Gasteiger partial charge in [-0.3, -0.25) is 4.79 Å². The molecule has 8 nitrogen and oxygen atoms in total. The van der Waals surface area contributed by atoms with Crippen molar-refractivity contribution >= 4 is 50.8 Å². The molecule has 37 heavy (non-hydrogen) atoms. The van der Waals surface area contributed by atoms with Crippen LogP contribution in [-0.2, 0) is 33.7 Å². The number of sulfone groups is 1. The van der Waals surface area contributed by atoms with Crippen molar-refractivity contribution in [2.75, 3.05) is 12.2 Å². The first kappa shape index (κ1) is 28.4. The molecule has 4 rings (SSSR count). The number of hydrogen-bond donors (Lipinski definition) is 1. The number of aliphatic hydroxyl groups excluding tert-OH is 1. The molecule has 206 valence electrons. The van der Waals surface area contributed by atoms with Gasteiger partial charge in [0.25, 0.3) is 0 Å². The number of rotatable bonds is 5. The summed E-state index contributed by atoms with van der Waals surface area (Å²) < 4.78 is 66.6. The fourth-order valence-corrected chi connectivity index (χ4v) is 7.64. The van der Waals surface area contributed by atoms with Crippen molar-refractivity contribution in [3.63, 3.8) is 0 Å². The van der Waals surface area contributed by atoms with Gasteiger partial charge < -0.3 is 14.6 Å². The van der Waals surface area contributed by atoms with Crippen molar-refractivity contribution in [2.45, 2.75) is 67.9 Å². The zero-order valence-electron chi connectivity index (χ0n) is 20.4. The molecule has 8 atom stereocenters. The van der Waals surface area contributed by atoms with Crippen LogP contribution in [0.2, 0.25) is 0 Å². The molecule has 13 heteroatoms. The van der Waals surface area contributed by atoms with Crippen molar-refractivity contribution in [1.82, 2.24) is 0 Å². The Morgan fingerprint density at radius 2 is 1.92 bits per heavy atom. The van der Waals surface area contributed by atoms with Gasteiger partial charge in [-0.1, -0.05) is 36.2 Å². The molecule has 0 spiro atoms. The lowest BCUT2D eigenvalue weighted by Gasteiger charge is -2.63. The summed E-state index contributed by atoms with van der Waals surface area (Å²) in [6.07, 6.45) is -0.0961. The number of alkyl halides is 4. The van der Waals surface area contributed by atoms with Crippen molar-refractivity contribution in [3.8, 4) is 0 Å². The molecule has 3 saturated carbocycles. The number of esters is 2. The number of aliphatic hydroxyl groups is 1. The minimum absolute atomic E-state index is 0.0585. The van der Waals surface area contributed by atoms with Gasteiger partial charge in [-0.05, 0) is 56.3 Å². The highest BCUT2D eigenvalue weighted by Gasteiger charge is 2.77. The van der Waals surface area contributed by atoms with Gasteiger partial charge >= 0.3 is 11.9 Å². The van der Waals surface area contributed by atoms with Crippen molar-refractivity contribution in [2.24, 2.45) is 22.7 Å². The molecule has 4 aliphatic carbocycles. The number of halogens is 4. The third-order valence-corrected chi connectivity index (χ3v) is 9.84. The Morgan fingerprint density at radius 1 is 1.27 bits per heavy atom. The van der Waals surface area contributed by atoms with Gasteiger partial charge in [0.05, 0.1) is 6.10 Å². The third kappa shape index (κ3) is 4.06. The van der Waals surface area contributed by atoms with Gasteiger partial charge in [0.1, 0.15) is 6.17 Å². The standard InChI is InChI=1S/C24H28Cl2F2O8S/c1-21-6-4-12(29)8-15(21)16(27)9-14-13-5-7-23(36-19(31)18(25)26,20(32)35-11-37(3,33)34)22(13,2)10-17(30)24(14,21)28/h4,6,8,13-14,16-18,30H,5,7,9-11H2,1-3H3/t13-,14-,16-,17-,21-,22-,23-,24-/m0/s1. The molecule has 0 radical (unpaired) electrons. The number of hydrogen-bond acceptors (Lipinski definition) is 8. The van der Waals surface area contributed by atoms with Crippen LogP contribution in [0.4, 0.5) is 8.78 Å². The van der Waals surface area contributed by atoms with E-state index in [1.807, 2.05) is 0 Å². The highest BCUT2D eigenvalue weighted by molar-refractivity contribution is 7.90. The van der Waals surface area contributed by atoms with Crippen LogP contribution in [0.5, 0.6) is 0 Å². The van der Waals surface area contributed by atoms with Gasteiger partial charge in [0, 0.05) is 23.0 Å². The fraction of sp³-hybridized carbons (Fsp3) is 0.708. The van der Waals surface area contributed by atoms with Crippen LogP contribution < -0.4 is 0 Å². The molecule has 4 aliphatic rings. The quantitative estimate of drug-likeness (QED) is 0.386. The smallest absolute Gasteiger partial charge is 0.352 e. The van der Waals surface area contributed by atoms with Gasteiger partial charge in [-0.15, -0.1) is 0 Å². The van der Waals surface area contributed by atoms with E-state index in [0.717, 1.165) is 18.4 Å². The number of fused-ring (bicyclic) bond motifs is 5. The minimum Gasteiger partial charge on any atom is -0.446 e. The van der Waals surface area contributed by atoms with E-state index in [9.17, 15) is 27.9 Å². The number of carbonyl (C=O) groups excluding carboxylic acids is 3. The first-order valence-electron chi connectivity index (χ1n) is 11.8. The molecular weight excluding hydrogens is 557 g/mol. The minimum atomic E-state index is -3.78. The van der Waals surface area contributed by atoms with Crippen LogP contribution in [0.15, 0.2) is 23.8 Å². The first-order chi connectivity index (χ1) is 16.9. The van der Waals surface area contributed by atoms with E-state index in [1.165, 1.54) is 19.9 Å². The second kappa shape index (κ2) is 8.99. The number of ether oxygens (including phenoxy) is 2. The predicted molar refractivity (Wildman–Crippen MR) is 129 cm³/mol. The lowest BCUT2D eigenvalue weighted by atomic mass is 9.44. The van der Waals surface area contributed by atoms with Gasteiger partial charge in [-0.2, -0.15) is 0 Å². The molecule has 0 aliphatic heterocycles. The summed E-state index contributed by atoms with van der Waals surface area (Å²) in [6.45, 7) is 2.93. The Morgan fingerprint density at radius 3 is 2.51 bits per heavy atom. The van der Waals surface area contributed by atoms with Crippen LogP contribution in [-0.4, -0.2) is 71.8 Å². The maximum absolute atomic E-state index is 17.2. The molecule has 0 amide bonds. The average Bonchev–Trinajstić information content (AvgIpc) is 3.07. The molecule has 3 fully saturated rings. The first-order valence-corrected chi connectivity index (χ1v) is 14.7. The summed E-state index contributed by atoms with van der Waals surface area (Å²) in [6, 6.07) is 0. The number of ketones is 1. The Kier molecular flexibility index (Phi) is 6.91. The Bertz CT molecular complexity index is 1210. The van der Waals surface area contributed by atoms with Gasteiger partial charge in [0.15, 0.2) is 27.2 Å². The third-order valence-electron chi connectivity index (χ3n) is 8.94. The average molecular weight is 585 g/mol. The molecule has 0 unspecified atom stereocenters. The Balaban J connectivity index is 1.81. The molecule has 0 bridgehead atoms. The summed E-state index contributed by atoms with van der Waals surface area (Å²) in [5, 5.41) is 11.4. The number of allylic oxidation sites excluding steroid dienone is 4. The van der Waals surface area contributed by atoms with Crippen LogP contribution in [0.1, 0.15) is 39.5 Å². The molecule has 0 aromatic carbocycles. The molecule has 0 aromatic rings. The van der Waals surface area contributed by atoms with Gasteiger partial charge in [-0.25, -0.2) is 26.8 Å². The van der Waals surface area contributed by atoms with E-state index in [0.29, 0.717) is 0 Å². The van der Waals surface area contributed by atoms with E-state index in [4.69, 9.17) is 32.7 Å². The molecule has 0 heterocycles. The fourth-order valence-electron chi connectivity index (χ4n) is 7.23. The van der Waals surface area contributed by atoms with Crippen molar-refractivity contribution < 1.29 is 46.2 Å². The summed E-state index contributed by atoms with van der Waals surface area (Å²) in [4.78, 5) is 36.2. The largest absolute Gasteiger partial charge is 0.446 e. The lowest BCUT2D eigenvalue weighted by molar-refractivity contribution is -0.235. The van der Waals surface area contributed by atoms with Crippen molar-refractivity contribution in [1.29, 1.82) is 0 Å². The maximum atomic E-state index is 17.2. The summed E-state index contributed by atoms with van der Waals surface area (Å²) >= 11 is 11.3. The molecule has 1 N–H and O–H groups in total. The highest BCUT2D eigenvalue weighted by atomic mass is 35.5. The summed E-state index contributed by atoms with van der Waals surface area (Å²) in [5.74, 6) is -5.84. The normalized spacial score (nSPS) is 42.9. The zero-order chi connectivity index (χ0) is 27.8. The molecule has 0 saturated heterocycles. The topological polar surface area (TPSA) is 124 Å². The van der Waals surface area contributed by atoms with E-state index in [-0.39, 0.29) is 24.8 Å². The van der Waals surface area contributed by atoms with Crippen LogP contribution in [0, 0.1) is 22.7 Å².